The molecule has 3 rings (SSSR count). The van der Waals surface area contributed by atoms with Crippen molar-refractivity contribution >= 4 is 23.2 Å². The van der Waals surface area contributed by atoms with Crippen molar-refractivity contribution in [3.05, 3.63) is 70.9 Å². The third kappa shape index (κ3) is 3.37. The van der Waals surface area contributed by atoms with Gasteiger partial charge in [-0.1, -0.05) is 11.6 Å². The summed E-state index contributed by atoms with van der Waals surface area (Å²) < 4.78 is 25.9. The fraction of sp³-hybridized carbons (Fsp3) is 0. The topological polar surface area (TPSA) is 57.8 Å². The van der Waals surface area contributed by atoms with E-state index in [1.807, 2.05) is 0 Å². The van der Waals surface area contributed by atoms with E-state index in [1.165, 1.54) is 30.3 Å². The summed E-state index contributed by atoms with van der Waals surface area (Å²) in [5.74, 6) is -1.32. The van der Waals surface area contributed by atoms with E-state index in [-0.39, 0.29) is 22.2 Å². The van der Waals surface area contributed by atoms with Gasteiger partial charge in [0.15, 0.2) is 0 Å². The highest BCUT2D eigenvalue weighted by molar-refractivity contribution is 6.33. The van der Waals surface area contributed by atoms with Gasteiger partial charge in [0.1, 0.15) is 17.3 Å². The van der Waals surface area contributed by atoms with E-state index in [4.69, 9.17) is 11.6 Å². The van der Waals surface area contributed by atoms with Gasteiger partial charge in [-0.25, -0.2) is 8.78 Å². The van der Waals surface area contributed by atoms with Crippen molar-refractivity contribution in [2.45, 2.75) is 0 Å². The first-order chi connectivity index (χ1) is 11.0. The Bertz CT molecular complexity index is 862. The zero-order valence-corrected chi connectivity index (χ0v) is 12.4. The molecule has 0 spiro atoms. The van der Waals surface area contributed by atoms with E-state index in [1.54, 1.807) is 12.1 Å². The highest BCUT2D eigenvalue weighted by Gasteiger charge is 2.13. The molecule has 0 unspecified atom stereocenters. The maximum absolute atomic E-state index is 13.0. The number of nitrogens with zero attached hydrogens (tertiary/aromatic N) is 1. The normalized spacial score (nSPS) is 10.6. The summed E-state index contributed by atoms with van der Waals surface area (Å²) in [5.41, 5.74) is 1.66. The molecule has 0 radical (unpaired) electrons. The van der Waals surface area contributed by atoms with Gasteiger partial charge >= 0.3 is 0 Å². The number of carbonyl (C=O) groups excluding carboxylic acids is 1. The summed E-state index contributed by atoms with van der Waals surface area (Å²) in [6, 6.07) is 10.9. The van der Waals surface area contributed by atoms with Crippen LogP contribution in [-0.4, -0.2) is 16.1 Å². The smallest absolute Gasteiger partial charge is 0.273 e. The number of rotatable bonds is 3. The van der Waals surface area contributed by atoms with Gasteiger partial charge in [0.25, 0.3) is 5.91 Å². The monoisotopic (exact) mass is 333 g/mol. The Balaban J connectivity index is 1.79. The van der Waals surface area contributed by atoms with E-state index in [0.717, 1.165) is 6.07 Å². The van der Waals surface area contributed by atoms with Crippen molar-refractivity contribution in [2.24, 2.45) is 0 Å². The molecule has 0 saturated heterocycles. The summed E-state index contributed by atoms with van der Waals surface area (Å²) in [6.07, 6.45) is 0. The Kier molecular flexibility index (Phi) is 4.08. The quantitative estimate of drug-likeness (QED) is 0.752. The molecule has 0 atom stereocenters. The van der Waals surface area contributed by atoms with Crippen LogP contribution in [0.5, 0.6) is 0 Å². The molecule has 1 aromatic heterocycles. The molecule has 2 aromatic carbocycles. The van der Waals surface area contributed by atoms with Gasteiger partial charge < -0.3 is 5.32 Å². The van der Waals surface area contributed by atoms with Crippen LogP contribution < -0.4 is 5.32 Å². The SMILES string of the molecule is O=C(Nc1ccc(F)cc1Cl)c1cc(-c2ccc(F)cc2)n[nH]1. The van der Waals surface area contributed by atoms with Crippen molar-refractivity contribution < 1.29 is 13.6 Å². The van der Waals surface area contributed by atoms with Gasteiger partial charge in [0, 0.05) is 5.56 Å². The van der Waals surface area contributed by atoms with Crippen molar-refractivity contribution in [1.82, 2.24) is 10.2 Å². The van der Waals surface area contributed by atoms with E-state index in [9.17, 15) is 13.6 Å². The molecular weight excluding hydrogens is 324 g/mol. The number of aromatic nitrogens is 2. The number of hydrogen-bond acceptors (Lipinski definition) is 2. The third-order valence-corrected chi connectivity index (χ3v) is 3.45. The minimum atomic E-state index is -0.492. The van der Waals surface area contributed by atoms with Crippen LogP contribution in [-0.2, 0) is 0 Å². The lowest BCUT2D eigenvalue weighted by molar-refractivity contribution is 0.102. The van der Waals surface area contributed by atoms with Crippen LogP contribution in [0.4, 0.5) is 14.5 Å². The van der Waals surface area contributed by atoms with Crippen molar-refractivity contribution in [3.8, 4) is 11.3 Å². The van der Waals surface area contributed by atoms with Crippen LogP contribution in [0.1, 0.15) is 10.5 Å². The maximum Gasteiger partial charge on any atom is 0.273 e. The zero-order valence-electron chi connectivity index (χ0n) is 11.6. The van der Waals surface area contributed by atoms with Crippen LogP contribution in [0.25, 0.3) is 11.3 Å². The Morgan fingerprint density at radius 3 is 2.43 bits per heavy atom. The molecule has 7 heteroatoms. The Morgan fingerprint density at radius 1 is 1.04 bits per heavy atom. The minimum absolute atomic E-state index is 0.0941. The molecule has 23 heavy (non-hydrogen) atoms. The van der Waals surface area contributed by atoms with E-state index in [2.05, 4.69) is 15.5 Å². The van der Waals surface area contributed by atoms with Crippen molar-refractivity contribution in [1.29, 1.82) is 0 Å². The number of H-pyrrole nitrogens is 1. The van der Waals surface area contributed by atoms with Gasteiger partial charge in [-0.15, -0.1) is 0 Å². The molecule has 3 aromatic rings. The molecule has 1 heterocycles. The molecule has 0 fully saturated rings. The standard InChI is InChI=1S/C16H10ClF2N3O/c17-12-7-11(19)5-6-13(12)20-16(23)15-8-14(21-22-15)9-1-3-10(18)4-2-9/h1-8H,(H,20,23)(H,21,22). The number of amides is 1. The fourth-order valence-electron chi connectivity index (χ4n) is 1.99. The third-order valence-electron chi connectivity index (χ3n) is 3.14. The van der Waals surface area contributed by atoms with Crippen LogP contribution >= 0.6 is 11.6 Å². The molecule has 2 N–H and O–H groups in total. The summed E-state index contributed by atoms with van der Waals surface area (Å²) in [4.78, 5) is 12.2. The summed E-state index contributed by atoms with van der Waals surface area (Å²) in [6.45, 7) is 0. The highest BCUT2D eigenvalue weighted by atomic mass is 35.5. The van der Waals surface area contributed by atoms with Gasteiger partial charge in [0.05, 0.1) is 16.4 Å². The molecule has 1 amide bonds. The lowest BCUT2D eigenvalue weighted by Crippen LogP contribution is -2.12. The second kappa shape index (κ2) is 6.18. The molecule has 0 saturated carbocycles. The molecule has 116 valence electrons. The van der Waals surface area contributed by atoms with Crippen LogP contribution in [0.15, 0.2) is 48.5 Å². The van der Waals surface area contributed by atoms with E-state index in [0.29, 0.717) is 11.3 Å². The number of anilines is 1. The largest absolute Gasteiger partial charge is 0.319 e. The number of nitrogens with one attached hydrogen (secondary N) is 2. The Hall–Kier alpha value is -2.73. The first kappa shape index (κ1) is 15.2. The molecule has 0 aliphatic rings. The zero-order chi connectivity index (χ0) is 16.4. The van der Waals surface area contributed by atoms with Gasteiger partial charge in [-0.3, -0.25) is 9.89 Å². The van der Waals surface area contributed by atoms with Gasteiger partial charge in [-0.2, -0.15) is 5.10 Å². The van der Waals surface area contributed by atoms with Crippen molar-refractivity contribution in [2.75, 3.05) is 5.32 Å². The first-order valence-corrected chi connectivity index (χ1v) is 6.98. The van der Waals surface area contributed by atoms with Crippen molar-refractivity contribution in [3.63, 3.8) is 0 Å². The predicted octanol–water partition coefficient (Wildman–Crippen LogP) is 4.26. The predicted molar refractivity (Wildman–Crippen MR) is 83.3 cm³/mol. The number of halogens is 3. The van der Waals surface area contributed by atoms with E-state index < -0.39 is 11.7 Å². The van der Waals surface area contributed by atoms with Gasteiger partial charge in [0.2, 0.25) is 0 Å². The van der Waals surface area contributed by atoms with Crippen LogP contribution in [0.2, 0.25) is 5.02 Å². The molecule has 0 aliphatic heterocycles. The Morgan fingerprint density at radius 2 is 1.74 bits per heavy atom. The average molecular weight is 334 g/mol. The van der Waals surface area contributed by atoms with Crippen LogP contribution in [0.3, 0.4) is 0 Å². The second-order valence-corrected chi connectivity index (χ2v) is 5.16. The second-order valence-electron chi connectivity index (χ2n) is 4.75. The molecule has 0 aliphatic carbocycles. The lowest BCUT2D eigenvalue weighted by Gasteiger charge is -2.05. The number of aromatic amines is 1. The van der Waals surface area contributed by atoms with Gasteiger partial charge in [-0.05, 0) is 48.5 Å². The molecule has 0 bridgehead atoms. The summed E-state index contributed by atoms with van der Waals surface area (Å²) in [7, 11) is 0. The lowest BCUT2D eigenvalue weighted by atomic mass is 10.1. The number of benzene rings is 2. The first-order valence-electron chi connectivity index (χ1n) is 6.61. The summed E-state index contributed by atoms with van der Waals surface area (Å²) in [5, 5.41) is 9.26. The molecule has 4 nitrogen and oxygen atoms in total. The summed E-state index contributed by atoms with van der Waals surface area (Å²) >= 11 is 5.86. The number of carbonyl (C=O) groups is 1. The highest BCUT2D eigenvalue weighted by Crippen LogP contribution is 2.23. The molecular formula is C16H10ClF2N3O. The van der Waals surface area contributed by atoms with Crippen LogP contribution in [0, 0.1) is 11.6 Å². The Labute approximate surface area is 135 Å². The number of hydrogen-bond donors (Lipinski definition) is 2. The fourth-order valence-corrected chi connectivity index (χ4v) is 2.20. The minimum Gasteiger partial charge on any atom is -0.319 e. The van der Waals surface area contributed by atoms with E-state index >= 15 is 0 Å². The maximum atomic E-state index is 13.0. The average Bonchev–Trinajstić information content (AvgIpc) is 3.01.